The summed E-state index contributed by atoms with van der Waals surface area (Å²) < 4.78 is 11.4. The Morgan fingerprint density at radius 2 is 1.87 bits per heavy atom. The van der Waals surface area contributed by atoms with Gasteiger partial charge in [-0.15, -0.1) is 0 Å². The Morgan fingerprint density at radius 3 is 2.43 bits per heavy atom. The maximum atomic E-state index is 12.3. The average molecular weight is 454 g/mol. The van der Waals surface area contributed by atoms with Crippen LogP contribution >= 0.6 is 23.2 Å². The second-order valence-corrected chi connectivity index (χ2v) is 9.74. The third-order valence-electron chi connectivity index (χ3n) is 4.05. The van der Waals surface area contributed by atoms with Crippen LogP contribution in [0.2, 0.25) is 10.2 Å². The van der Waals surface area contributed by atoms with Gasteiger partial charge in [-0.25, -0.2) is 9.78 Å². The van der Waals surface area contributed by atoms with Crippen LogP contribution in [0, 0.1) is 5.92 Å². The van der Waals surface area contributed by atoms with Crippen LogP contribution in [0.5, 0.6) is 5.75 Å². The number of nitrogens with zero attached hydrogens (tertiary/aromatic N) is 2. The number of halogens is 2. The Labute approximate surface area is 188 Å². The van der Waals surface area contributed by atoms with E-state index in [1.165, 1.54) is 0 Å². The molecule has 164 valence electrons. The number of carbonyl (C=O) groups excluding carboxylic acids is 1. The molecule has 1 unspecified atom stereocenters. The summed E-state index contributed by atoms with van der Waals surface area (Å²) in [7, 11) is 0. The molecule has 2 aromatic rings. The van der Waals surface area contributed by atoms with Gasteiger partial charge in [0.15, 0.2) is 5.75 Å². The van der Waals surface area contributed by atoms with Gasteiger partial charge < -0.3 is 14.8 Å². The van der Waals surface area contributed by atoms with Gasteiger partial charge in [0.1, 0.15) is 17.4 Å². The Hall–Kier alpha value is -2.05. The molecule has 0 aliphatic heterocycles. The number of rotatable bonds is 7. The second-order valence-electron chi connectivity index (χ2n) is 8.94. The van der Waals surface area contributed by atoms with Crippen LogP contribution in [-0.2, 0) is 4.74 Å². The highest BCUT2D eigenvalue weighted by Gasteiger charge is 2.31. The summed E-state index contributed by atoms with van der Waals surface area (Å²) in [4.78, 5) is 20.7. The Bertz CT molecular complexity index is 884. The van der Waals surface area contributed by atoms with Gasteiger partial charge in [-0.1, -0.05) is 37.0 Å². The van der Waals surface area contributed by atoms with Crippen LogP contribution in [0.3, 0.4) is 0 Å². The van der Waals surface area contributed by atoms with E-state index in [2.05, 4.69) is 29.1 Å². The summed E-state index contributed by atoms with van der Waals surface area (Å²) in [5.74, 6) is 0.766. The van der Waals surface area contributed by atoms with Crippen LogP contribution in [0.1, 0.15) is 48.0 Å². The molecule has 1 atom stereocenters. The molecular weight excluding hydrogens is 425 g/mol. The molecule has 0 aromatic carbocycles. The molecule has 0 aliphatic rings. The van der Waals surface area contributed by atoms with Crippen molar-refractivity contribution in [3.05, 3.63) is 40.8 Å². The lowest BCUT2D eigenvalue weighted by atomic mass is 9.91. The number of alkyl carbamates (subject to hydrolysis) is 1. The van der Waals surface area contributed by atoms with Gasteiger partial charge in [-0.05, 0) is 58.2 Å². The van der Waals surface area contributed by atoms with Crippen LogP contribution in [0.15, 0.2) is 30.6 Å². The zero-order valence-corrected chi connectivity index (χ0v) is 19.8. The SMILES string of the molecule is CC(C)CC(C)(COc1cnc(-c2ccnc(Cl)c2)cc1Cl)NC(=O)OC(C)(C)C. The number of nitrogens with one attached hydrogen (secondary N) is 1. The van der Waals surface area contributed by atoms with Crippen molar-refractivity contribution < 1.29 is 14.3 Å². The first-order chi connectivity index (χ1) is 13.9. The number of amides is 1. The minimum atomic E-state index is -0.642. The van der Waals surface area contributed by atoms with E-state index in [-0.39, 0.29) is 6.61 Å². The standard InChI is InChI=1S/C22H29Cl2N3O3/c1-14(2)11-22(6,27-20(28)30-21(3,4)5)13-29-18-12-26-17(10-16(18)23)15-7-8-25-19(24)9-15/h7-10,12,14H,11,13H2,1-6H3,(H,27,28). The first-order valence-corrected chi connectivity index (χ1v) is 10.5. The summed E-state index contributed by atoms with van der Waals surface area (Å²) in [6.45, 7) is 11.8. The molecule has 30 heavy (non-hydrogen) atoms. The highest BCUT2D eigenvalue weighted by molar-refractivity contribution is 6.32. The van der Waals surface area contributed by atoms with Gasteiger partial charge >= 0.3 is 6.09 Å². The van der Waals surface area contributed by atoms with Gasteiger partial charge in [0.05, 0.1) is 22.5 Å². The number of aromatic nitrogens is 2. The molecule has 2 aromatic heterocycles. The molecule has 2 rings (SSSR count). The van der Waals surface area contributed by atoms with Crippen LogP contribution in [0.4, 0.5) is 4.79 Å². The van der Waals surface area contributed by atoms with Crippen molar-refractivity contribution in [3.8, 4) is 17.0 Å². The van der Waals surface area contributed by atoms with E-state index < -0.39 is 17.2 Å². The molecule has 0 saturated carbocycles. The highest BCUT2D eigenvalue weighted by atomic mass is 35.5. The number of pyridine rings is 2. The number of carbonyl (C=O) groups is 1. The van der Waals surface area contributed by atoms with E-state index in [1.807, 2.05) is 27.7 Å². The molecule has 2 heterocycles. The third-order valence-corrected chi connectivity index (χ3v) is 4.55. The topological polar surface area (TPSA) is 73.3 Å². The Kier molecular flexibility index (Phi) is 7.94. The molecule has 0 aliphatic carbocycles. The van der Waals surface area contributed by atoms with Crippen molar-refractivity contribution in [2.75, 3.05) is 6.61 Å². The number of hydrogen-bond acceptors (Lipinski definition) is 5. The zero-order chi connectivity index (χ0) is 22.5. The van der Waals surface area contributed by atoms with E-state index in [1.54, 1.807) is 30.6 Å². The fraction of sp³-hybridized carbons (Fsp3) is 0.500. The van der Waals surface area contributed by atoms with E-state index in [9.17, 15) is 4.79 Å². The van der Waals surface area contributed by atoms with E-state index >= 15 is 0 Å². The fourth-order valence-electron chi connectivity index (χ4n) is 3.08. The maximum Gasteiger partial charge on any atom is 0.408 e. The summed E-state index contributed by atoms with van der Waals surface area (Å²) >= 11 is 12.4. The lowest BCUT2D eigenvalue weighted by Gasteiger charge is -2.33. The third kappa shape index (κ3) is 7.65. The Balaban J connectivity index is 2.13. The molecule has 0 radical (unpaired) electrons. The van der Waals surface area contributed by atoms with E-state index in [0.717, 1.165) is 5.56 Å². The van der Waals surface area contributed by atoms with Crippen LogP contribution in [-0.4, -0.2) is 33.8 Å². The molecule has 0 saturated heterocycles. The monoisotopic (exact) mass is 453 g/mol. The van der Waals surface area contributed by atoms with Crippen molar-refractivity contribution >= 4 is 29.3 Å². The second kappa shape index (κ2) is 9.84. The highest BCUT2D eigenvalue weighted by Crippen LogP contribution is 2.30. The van der Waals surface area contributed by atoms with Gasteiger partial charge in [0.2, 0.25) is 0 Å². The van der Waals surface area contributed by atoms with Crippen LogP contribution < -0.4 is 10.1 Å². The smallest absolute Gasteiger partial charge is 0.408 e. The van der Waals surface area contributed by atoms with Crippen molar-refractivity contribution in [1.82, 2.24) is 15.3 Å². The van der Waals surface area contributed by atoms with Gasteiger partial charge in [-0.3, -0.25) is 4.98 Å². The quantitative estimate of drug-likeness (QED) is 0.508. The van der Waals surface area contributed by atoms with E-state index in [0.29, 0.717) is 34.0 Å². The lowest BCUT2D eigenvalue weighted by Crippen LogP contribution is -2.52. The van der Waals surface area contributed by atoms with Crippen LogP contribution in [0.25, 0.3) is 11.3 Å². The van der Waals surface area contributed by atoms with Crippen molar-refractivity contribution in [2.24, 2.45) is 5.92 Å². The van der Waals surface area contributed by atoms with Gasteiger partial charge in [0.25, 0.3) is 0 Å². The first kappa shape index (κ1) is 24.2. The molecule has 0 spiro atoms. The minimum Gasteiger partial charge on any atom is -0.488 e. The van der Waals surface area contributed by atoms with Gasteiger partial charge in [-0.2, -0.15) is 0 Å². The lowest BCUT2D eigenvalue weighted by molar-refractivity contribution is 0.0408. The minimum absolute atomic E-state index is 0.215. The maximum absolute atomic E-state index is 12.3. The number of ether oxygens (including phenoxy) is 2. The molecule has 1 N–H and O–H groups in total. The number of hydrogen-bond donors (Lipinski definition) is 1. The predicted octanol–water partition coefficient (Wildman–Crippen LogP) is 6.16. The summed E-state index contributed by atoms with van der Waals surface area (Å²) in [6.07, 6.45) is 3.39. The van der Waals surface area contributed by atoms with Gasteiger partial charge in [0, 0.05) is 11.8 Å². The molecule has 0 fully saturated rings. The summed E-state index contributed by atoms with van der Waals surface area (Å²) in [6, 6.07) is 5.23. The fourth-order valence-corrected chi connectivity index (χ4v) is 3.46. The largest absolute Gasteiger partial charge is 0.488 e. The molecule has 0 bridgehead atoms. The normalized spacial score (nSPS) is 13.6. The van der Waals surface area contributed by atoms with Crippen molar-refractivity contribution in [2.45, 2.75) is 59.1 Å². The van der Waals surface area contributed by atoms with Crippen molar-refractivity contribution in [3.63, 3.8) is 0 Å². The molecular formula is C22H29Cl2N3O3. The summed E-state index contributed by atoms with van der Waals surface area (Å²) in [5, 5.41) is 3.74. The Morgan fingerprint density at radius 1 is 1.17 bits per heavy atom. The molecule has 1 amide bonds. The van der Waals surface area contributed by atoms with E-state index in [4.69, 9.17) is 32.7 Å². The molecule has 8 heteroatoms. The summed E-state index contributed by atoms with van der Waals surface area (Å²) in [5.41, 5.74) is 0.243. The average Bonchev–Trinajstić information content (AvgIpc) is 2.58. The molecule has 6 nitrogen and oxygen atoms in total. The zero-order valence-electron chi connectivity index (χ0n) is 18.3. The predicted molar refractivity (Wildman–Crippen MR) is 120 cm³/mol. The van der Waals surface area contributed by atoms with Crippen molar-refractivity contribution in [1.29, 1.82) is 0 Å². The first-order valence-electron chi connectivity index (χ1n) is 9.78.